The van der Waals surface area contributed by atoms with E-state index < -0.39 is 0 Å². The molecule has 3 aromatic rings. The van der Waals surface area contributed by atoms with Crippen molar-refractivity contribution >= 4 is 17.4 Å². The maximum atomic E-state index is 13.4. The lowest BCUT2D eigenvalue weighted by molar-refractivity contribution is 0.0907. The van der Waals surface area contributed by atoms with Gasteiger partial charge in [-0.15, -0.1) is 0 Å². The van der Waals surface area contributed by atoms with Crippen LogP contribution in [0.4, 0.5) is 5.69 Å². The fourth-order valence-corrected chi connectivity index (χ4v) is 3.84. The van der Waals surface area contributed by atoms with Crippen LogP contribution in [0.1, 0.15) is 46.7 Å². The van der Waals surface area contributed by atoms with Crippen LogP contribution < -0.4 is 10.9 Å². The third-order valence-electron chi connectivity index (χ3n) is 5.19. The van der Waals surface area contributed by atoms with Gasteiger partial charge in [0.05, 0.1) is 0 Å². The second-order valence-electron chi connectivity index (χ2n) is 8.16. The molecular weight excluding hydrogens is 364 g/mol. The number of carbonyl (C=O) groups excluding carboxylic acids is 2. The van der Waals surface area contributed by atoms with Crippen LogP contribution in [-0.4, -0.2) is 16.3 Å². The number of hydrogen-bond acceptors (Lipinski definition) is 3. The van der Waals surface area contributed by atoms with Crippen molar-refractivity contribution in [2.24, 2.45) is 5.41 Å². The summed E-state index contributed by atoms with van der Waals surface area (Å²) in [6, 6.07) is 19.5. The van der Waals surface area contributed by atoms with Gasteiger partial charge in [0.15, 0.2) is 5.78 Å². The first-order valence-corrected chi connectivity index (χ1v) is 9.60. The summed E-state index contributed by atoms with van der Waals surface area (Å²) < 4.78 is 1.56. The van der Waals surface area contributed by atoms with Crippen LogP contribution in [0.25, 0.3) is 5.69 Å². The highest BCUT2D eigenvalue weighted by atomic mass is 16.2. The second-order valence-corrected chi connectivity index (χ2v) is 8.16. The van der Waals surface area contributed by atoms with Crippen molar-refractivity contribution in [2.45, 2.75) is 26.7 Å². The second kappa shape index (κ2) is 7.17. The third-order valence-corrected chi connectivity index (χ3v) is 5.19. The van der Waals surface area contributed by atoms with Gasteiger partial charge in [0, 0.05) is 28.9 Å². The van der Waals surface area contributed by atoms with Gasteiger partial charge in [0.1, 0.15) is 5.69 Å². The van der Waals surface area contributed by atoms with Crippen molar-refractivity contribution in [2.75, 3.05) is 5.32 Å². The van der Waals surface area contributed by atoms with Crippen LogP contribution >= 0.6 is 0 Å². The molecule has 0 saturated carbocycles. The van der Waals surface area contributed by atoms with Crippen LogP contribution in [0, 0.1) is 5.41 Å². The van der Waals surface area contributed by atoms with Crippen LogP contribution in [-0.2, 0) is 6.42 Å². The minimum atomic E-state index is -0.383. The summed E-state index contributed by atoms with van der Waals surface area (Å²) >= 11 is 0. The summed E-state index contributed by atoms with van der Waals surface area (Å²) in [5, 5.41) is 2.70. The van der Waals surface area contributed by atoms with E-state index in [0.717, 1.165) is 0 Å². The number of amides is 1. The number of anilines is 1. The molecule has 0 spiro atoms. The van der Waals surface area contributed by atoms with Gasteiger partial charge in [0.2, 0.25) is 0 Å². The van der Waals surface area contributed by atoms with Gasteiger partial charge in [0.25, 0.3) is 11.5 Å². The summed E-state index contributed by atoms with van der Waals surface area (Å²) in [5.41, 5.74) is 1.84. The van der Waals surface area contributed by atoms with Crippen molar-refractivity contribution < 1.29 is 9.59 Å². The van der Waals surface area contributed by atoms with Crippen molar-refractivity contribution in [1.29, 1.82) is 0 Å². The molecule has 0 saturated heterocycles. The van der Waals surface area contributed by atoms with Crippen LogP contribution in [0.3, 0.4) is 0 Å². The average molecular weight is 386 g/mol. The molecule has 0 atom stereocenters. The fraction of sp³-hybridized carbons (Fsp3) is 0.208. The zero-order valence-electron chi connectivity index (χ0n) is 16.4. The first-order chi connectivity index (χ1) is 13.9. The summed E-state index contributed by atoms with van der Waals surface area (Å²) in [4.78, 5) is 38.9. The Balaban J connectivity index is 1.89. The topological polar surface area (TPSA) is 68.2 Å². The molecule has 0 aliphatic heterocycles. The monoisotopic (exact) mass is 386 g/mol. The number of carbonyl (C=O) groups is 2. The van der Waals surface area contributed by atoms with E-state index >= 15 is 0 Å². The molecule has 1 aliphatic carbocycles. The molecule has 0 radical (unpaired) electrons. The number of nitrogens with zero attached hydrogens (tertiary/aromatic N) is 1. The van der Waals surface area contributed by atoms with E-state index in [1.165, 1.54) is 6.07 Å². The van der Waals surface area contributed by atoms with Gasteiger partial charge in [-0.2, -0.15) is 0 Å². The van der Waals surface area contributed by atoms with E-state index in [0.29, 0.717) is 35.3 Å². The summed E-state index contributed by atoms with van der Waals surface area (Å²) in [7, 11) is 0. The van der Waals surface area contributed by atoms with Crippen LogP contribution in [0.15, 0.2) is 71.5 Å². The van der Waals surface area contributed by atoms with Gasteiger partial charge in [-0.3, -0.25) is 19.0 Å². The zero-order valence-corrected chi connectivity index (χ0v) is 16.4. The first kappa shape index (κ1) is 18.9. The highest BCUT2D eigenvalue weighted by molar-refractivity contribution is 6.05. The fourth-order valence-electron chi connectivity index (χ4n) is 3.84. The number of nitrogens with one attached hydrogen (secondary N) is 1. The van der Waals surface area contributed by atoms with E-state index in [-0.39, 0.29) is 28.4 Å². The molecule has 2 aromatic carbocycles. The average Bonchev–Trinajstić information content (AvgIpc) is 2.70. The molecule has 0 fully saturated rings. The van der Waals surface area contributed by atoms with Crippen molar-refractivity contribution in [3.8, 4) is 5.69 Å². The lowest BCUT2D eigenvalue weighted by atomic mass is 9.75. The Morgan fingerprint density at radius 2 is 1.55 bits per heavy atom. The number of Topliss-reactive ketones (excluding diaryl/α,β-unsaturated/α-hetero) is 1. The minimum Gasteiger partial charge on any atom is -0.317 e. The Morgan fingerprint density at radius 3 is 2.21 bits per heavy atom. The summed E-state index contributed by atoms with van der Waals surface area (Å²) in [5.74, 6) is -0.401. The number of hydrogen-bond donors (Lipinski definition) is 1. The number of benzene rings is 2. The smallest absolute Gasteiger partial charge is 0.279 e. The van der Waals surface area contributed by atoms with E-state index in [1.54, 1.807) is 28.8 Å². The van der Waals surface area contributed by atoms with Gasteiger partial charge in [-0.1, -0.05) is 50.2 Å². The maximum Gasteiger partial charge on any atom is 0.279 e. The predicted octanol–water partition coefficient (Wildman–Crippen LogP) is 4.24. The molecular formula is C24H22N2O3. The van der Waals surface area contributed by atoms with Gasteiger partial charge in [-0.25, -0.2) is 0 Å². The first-order valence-electron chi connectivity index (χ1n) is 9.60. The molecule has 5 heteroatoms. The molecule has 0 unspecified atom stereocenters. The number of rotatable bonds is 3. The number of pyridine rings is 1. The lowest BCUT2D eigenvalue weighted by Crippen LogP contribution is -2.35. The Kier molecular flexibility index (Phi) is 4.66. The lowest BCUT2D eigenvalue weighted by Gasteiger charge is -2.32. The van der Waals surface area contributed by atoms with E-state index in [4.69, 9.17) is 0 Å². The normalized spacial score (nSPS) is 14.9. The van der Waals surface area contributed by atoms with Gasteiger partial charge < -0.3 is 5.32 Å². The Labute approximate surface area is 169 Å². The van der Waals surface area contributed by atoms with Gasteiger partial charge in [-0.05, 0) is 42.2 Å². The van der Waals surface area contributed by atoms with Crippen molar-refractivity contribution in [1.82, 2.24) is 4.57 Å². The quantitative estimate of drug-likeness (QED) is 0.732. The molecule has 1 aromatic heterocycles. The summed E-state index contributed by atoms with van der Waals surface area (Å²) in [6.07, 6.45) is 1.00. The van der Waals surface area contributed by atoms with E-state index in [2.05, 4.69) is 5.32 Å². The highest BCUT2D eigenvalue weighted by Crippen LogP contribution is 2.35. The Hall–Kier alpha value is -3.47. The molecule has 1 N–H and O–H groups in total. The SMILES string of the molecule is CC1(C)CC(=O)c2cc(NC(=O)c3ccccc3)c(=O)n(-c3ccccc3)c2C1. The molecule has 4 rings (SSSR count). The Morgan fingerprint density at radius 1 is 0.931 bits per heavy atom. The molecule has 29 heavy (non-hydrogen) atoms. The van der Waals surface area contributed by atoms with Crippen LogP contribution in [0.2, 0.25) is 0 Å². The number of ketones is 1. The molecule has 1 amide bonds. The Bertz CT molecular complexity index is 1150. The summed E-state index contributed by atoms with van der Waals surface area (Å²) in [6.45, 7) is 4.05. The third kappa shape index (κ3) is 3.63. The molecule has 0 bridgehead atoms. The minimum absolute atomic E-state index is 0.0175. The largest absolute Gasteiger partial charge is 0.317 e. The molecule has 1 heterocycles. The van der Waals surface area contributed by atoms with E-state index in [9.17, 15) is 14.4 Å². The molecule has 146 valence electrons. The van der Waals surface area contributed by atoms with Gasteiger partial charge >= 0.3 is 0 Å². The number of fused-ring (bicyclic) bond motifs is 1. The van der Waals surface area contributed by atoms with Crippen molar-refractivity contribution in [3.05, 3.63) is 93.9 Å². The number of para-hydroxylation sites is 1. The van der Waals surface area contributed by atoms with E-state index in [1.807, 2.05) is 50.2 Å². The standard InChI is InChI=1S/C24H22N2O3/c1-24(2)14-20-18(21(27)15-24)13-19(25-22(28)16-9-5-3-6-10-16)23(29)26(20)17-11-7-4-8-12-17/h3-13H,14-15H2,1-2H3,(H,25,28). The maximum absolute atomic E-state index is 13.4. The number of aromatic nitrogens is 1. The highest BCUT2D eigenvalue weighted by Gasteiger charge is 2.34. The molecule has 1 aliphatic rings. The molecule has 5 nitrogen and oxygen atoms in total. The van der Waals surface area contributed by atoms with Crippen molar-refractivity contribution in [3.63, 3.8) is 0 Å². The van der Waals surface area contributed by atoms with Crippen LogP contribution in [0.5, 0.6) is 0 Å². The predicted molar refractivity (Wildman–Crippen MR) is 113 cm³/mol. The zero-order chi connectivity index (χ0) is 20.6.